The first-order valence-electron chi connectivity index (χ1n) is 6.72. The number of ether oxygens (including phenoxy) is 2. The van der Waals surface area contributed by atoms with Crippen molar-refractivity contribution in [1.29, 1.82) is 0 Å². The second kappa shape index (κ2) is 6.78. The normalized spacial score (nSPS) is 14.3. The Hall–Kier alpha value is -1.26. The summed E-state index contributed by atoms with van der Waals surface area (Å²) in [4.78, 5) is 2.32. The predicted octanol–water partition coefficient (Wildman–Crippen LogP) is 2.22. The van der Waals surface area contributed by atoms with Gasteiger partial charge in [-0.05, 0) is 37.7 Å². The highest BCUT2D eigenvalue weighted by Gasteiger charge is 2.24. The average molecular weight is 266 g/mol. The molecule has 108 valence electrons. The minimum absolute atomic E-state index is 0.411. The molecule has 4 nitrogen and oxygen atoms in total. The molecule has 2 N–H and O–H groups in total. The van der Waals surface area contributed by atoms with Crippen molar-refractivity contribution in [3.63, 3.8) is 0 Å². The van der Waals surface area contributed by atoms with Crippen LogP contribution >= 0.6 is 0 Å². The van der Waals surface area contributed by atoms with Gasteiger partial charge in [-0.2, -0.15) is 0 Å². The van der Waals surface area contributed by atoms with Gasteiger partial charge in [-0.15, -0.1) is 0 Å². The highest BCUT2D eigenvalue weighted by molar-refractivity contribution is 5.44. The molecule has 1 rings (SSSR count). The number of methoxy groups -OCH3 is 2. The molecular formula is C15H26N2O2. The highest BCUT2D eigenvalue weighted by Crippen LogP contribution is 2.31. The summed E-state index contributed by atoms with van der Waals surface area (Å²) in [6.45, 7) is 9.15. The number of nitrogens with zero attached hydrogens (tertiary/aromatic N) is 1. The molecule has 0 heterocycles. The third-order valence-corrected chi connectivity index (χ3v) is 3.49. The molecule has 19 heavy (non-hydrogen) atoms. The topological polar surface area (TPSA) is 47.7 Å². The molecule has 0 aromatic heterocycles. The lowest BCUT2D eigenvalue weighted by Gasteiger charge is -2.32. The molecule has 1 aromatic carbocycles. The zero-order chi connectivity index (χ0) is 14.5. The van der Waals surface area contributed by atoms with E-state index in [1.807, 2.05) is 25.1 Å². The Kier molecular flexibility index (Phi) is 5.63. The predicted molar refractivity (Wildman–Crippen MR) is 78.9 cm³/mol. The van der Waals surface area contributed by atoms with Crippen LogP contribution in [0.15, 0.2) is 18.2 Å². The van der Waals surface area contributed by atoms with E-state index in [1.165, 1.54) is 0 Å². The van der Waals surface area contributed by atoms with Gasteiger partial charge in [0.05, 0.1) is 19.8 Å². The van der Waals surface area contributed by atoms with Crippen LogP contribution in [0.2, 0.25) is 0 Å². The maximum Gasteiger partial charge on any atom is 0.161 e. The number of likely N-dealkylation sites (N-methyl/N-ethyl adjacent to an activating group) is 1. The number of benzene rings is 1. The maximum absolute atomic E-state index is 6.47. The van der Waals surface area contributed by atoms with Crippen molar-refractivity contribution in [2.24, 2.45) is 5.73 Å². The van der Waals surface area contributed by atoms with Crippen LogP contribution in [0.1, 0.15) is 26.3 Å². The van der Waals surface area contributed by atoms with Crippen LogP contribution in [0.3, 0.4) is 0 Å². The van der Waals surface area contributed by atoms with Crippen molar-refractivity contribution in [2.45, 2.75) is 26.3 Å². The Morgan fingerprint density at radius 2 is 1.68 bits per heavy atom. The van der Waals surface area contributed by atoms with Crippen molar-refractivity contribution >= 4 is 0 Å². The van der Waals surface area contributed by atoms with Gasteiger partial charge in [-0.25, -0.2) is 0 Å². The second-order valence-electron chi connectivity index (χ2n) is 4.95. The zero-order valence-corrected chi connectivity index (χ0v) is 12.7. The Balaban J connectivity index is 3.00. The Labute approximate surface area is 116 Å². The molecular weight excluding hydrogens is 240 g/mol. The fraction of sp³-hybridized carbons (Fsp3) is 0.600. The summed E-state index contributed by atoms with van der Waals surface area (Å²) in [5, 5.41) is 0. The average Bonchev–Trinajstić information content (AvgIpc) is 2.43. The van der Waals surface area contributed by atoms with Crippen LogP contribution in [-0.2, 0) is 5.54 Å². The van der Waals surface area contributed by atoms with E-state index in [4.69, 9.17) is 15.2 Å². The van der Waals surface area contributed by atoms with Gasteiger partial charge in [-0.1, -0.05) is 19.9 Å². The maximum atomic E-state index is 6.47. The van der Waals surface area contributed by atoms with E-state index in [2.05, 4.69) is 18.7 Å². The zero-order valence-electron chi connectivity index (χ0n) is 12.7. The molecule has 0 aliphatic heterocycles. The minimum Gasteiger partial charge on any atom is -0.493 e. The molecule has 0 aliphatic rings. The summed E-state index contributed by atoms with van der Waals surface area (Å²) in [6, 6.07) is 5.87. The lowest BCUT2D eigenvalue weighted by molar-refractivity contribution is 0.237. The molecule has 0 amide bonds. The summed E-state index contributed by atoms with van der Waals surface area (Å²) < 4.78 is 10.6. The minimum atomic E-state index is -0.411. The number of hydrogen-bond donors (Lipinski definition) is 1. The van der Waals surface area contributed by atoms with Gasteiger partial charge in [0, 0.05) is 6.54 Å². The number of nitrogens with two attached hydrogens (primary N) is 1. The molecule has 0 fully saturated rings. The van der Waals surface area contributed by atoms with E-state index < -0.39 is 5.54 Å². The first-order chi connectivity index (χ1) is 8.98. The van der Waals surface area contributed by atoms with Crippen molar-refractivity contribution in [1.82, 2.24) is 4.90 Å². The van der Waals surface area contributed by atoms with E-state index in [9.17, 15) is 0 Å². The van der Waals surface area contributed by atoms with Crippen LogP contribution in [0.25, 0.3) is 0 Å². The molecule has 0 saturated carbocycles. The molecule has 0 radical (unpaired) electrons. The van der Waals surface area contributed by atoms with Crippen LogP contribution in [-0.4, -0.2) is 38.8 Å². The smallest absolute Gasteiger partial charge is 0.161 e. The Bertz CT molecular complexity index is 401. The molecule has 1 atom stereocenters. The largest absolute Gasteiger partial charge is 0.493 e. The molecule has 1 unspecified atom stereocenters. The van der Waals surface area contributed by atoms with E-state index in [0.29, 0.717) is 0 Å². The molecule has 0 bridgehead atoms. The summed E-state index contributed by atoms with van der Waals surface area (Å²) in [6.07, 6.45) is 0. The number of rotatable bonds is 7. The summed E-state index contributed by atoms with van der Waals surface area (Å²) >= 11 is 0. The van der Waals surface area contributed by atoms with Crippen molar-refractivity contribution in [3.8, 4) is 11.5 Å². The fourth-order valence-electron chi connectivity index (χ4n) is 2.19. The summed E-state index contributed by atoms with van der Waals surface area (Å²) in [5.74, 6) is 1.45. The first kappa shape index (κ1) is 15.8. The molecule has 4 heteroatoms. The van der Waals surface area contributed by atoms with Crippen molar-refractivity contribution in [3.05, 3.63) is 23.8 Å². The van der Waals surface area contributed by atoms with Gasteiger partial charge < -0.3 is 20.1 Å². The van der Waals surface area contributed by atoms with E-state index in [0.717, 1.165) is 36.7 Å². The van der Waals surface area contributed by atoms with Gasteiger partial charge in [0.25, 0.3) is 0 Å². The van der Waals surface area contributed by atoms with Crippen molar-refractivity contribution < 1.29 is 9.47 Å². The van der Waals surface area contributed by atoms with Crippen LogP contribution in [0.5, 0.6) is 11.5 Å². The second-order valence-corrected chi connectivity index (χ2v) is 4.95. The number of hydrogen-bond acceptors (Lipinski definition) is 4. The van der Waals surface area contributed by atoms with Gasteiger partial charge in [-0.3, -0.25) is 0 Å². The summed E-state index contributed by atoms with van der Waals surface area (Å²) in [5.41, 5.74) is 7.11. The molecule has 0 spiro atoms. The van der Waals surface area contributed by atoms with Crippen LogP contribution in [0, 0.1) is 0 Å². The highest BCUT2D eigenvalue weighted by atomic mass is 16.5. The quantitative estimate of drug-likeness (QED) is 0.822. The Morgan fingerprint density at radius 3 is 2.16 bits per heavy atom. The Morgan fingerprint density at radius 1 is 1.11 bits per heavy atom. The third kappa shape index (κ3) is 3.85. The van der Waals surface area contributed by atoms with Crippen LogP contribution < -0.4 is 15.2 Å². The van der Waals surface area contributed by atoms with Crippen molar-refractivity contribution in [2.75, 3.05) is 33.9 Å². The van der Waals surface area contributed by atoms with Gasteiger partial charge in [0.2, 0.25) is 0 Å². The summed E-state index contributed by atoms with van der Waals surface area (Å²) in [7, 11) is 3.27. The van der Waals surface area contributed by atoms with Gasteiger partial charge >= 0.3 is 0 Å². The molecule has 0 saturated heterocycles. The standard InChI is InChI=1S/C15H26N2O2/c1-6-17(7-2)11-15(3,16)12-8-9-13(18-4)14(10-12)19-5/h8-10H,6-7,11,16H2,1-5H3. The molecule has 0 aliphatic carbocycles. The molecule has 1 aromatic rings. The SMILES string of the molecule is CCN(CC)CC(C)(N)c1ccc(OC)c(OC)c1. The monoisotopic (exact) mass is 266 g/mol. The van der Waals surface area contributed by atoms with Gasteiger partial charge in [0.15, 0.2) is 11.5 Å². The van der Waals surface area contributed by atoms with E-state index in [-0.39, 0.29) is 0 Å². The fourth-order valence-corrected chi connectivity index (χ4v) is 2.19. The lowest BCUT2D eigenvalue weighted by Crippen LogP contribution is -2.45. The lowest BCUT2D eigenvalue weighted by atomic mass is 9.92. The first-order valence-corrected chi connectivity index (χ1v) is 6.72. The van der Waals surface area contributed by atoms with Gasteiger partial charge in [0.1, 0.15) is 0 Å². The van der Waals surface area contributed by atoms with Crippen LogP contribution in [0.4, 0.5) is 0 Å². The van der Waals surface area contributed by atoms with E-state index in [1.54, 1.807) is 14.2 Å². The third-order valence-electron chi connectivity index (χ3n) is 3.49. The van der Waals surface area contributed by atoms with E-state index >= 15 is 0 Å².